The molecule has 1 fully saturated rings. The quantitative estimate of drug-likeness (QED) is 0.540. The van der Waals surface area contributed by atoms with E-state index in [1.54, 1.807) is 4.90 Å². The Morgan fingerprint density at radius 1 is 1.07 bits per heavy atom. The molecule has 0 N–H and O–H groups in total. The molecule has 2 rings (SSSR count). The molecular formula is C23H34BrNO4. The summed E-state index contributed by atoms with van der Waals surface area (Å²) in [6.45, 7) is 12.5. The van der Waals surface area contributed by atoms with Gasteiger partial charge >= 0.3 is 12.1 Å². The van der Waals surface area contributed by atoms with Crippen molar-refractivity contribution in [1.82, 2.24) is 4.90 Å². The Hall–Kier alpha value is -1.56. The van der Waals surface area contributed by atoms with E-state index >= 15 is 0 Å². The molecule has 0 bridgehead atoms. The fourth-order valence-electron chi connectivity index (χ4n) is 3.55. The van der Waals surface area contributed by atoms with Gasteiger partial charge in [-0.2, -0.15) is 0 Å². The van der Waals surface area contributed by atoms with Crippen molar-refractivity contribution in [3.8, 4) is 0 Å². The van der Waals surface area contributed by atoms with Crippen molar-refractivity contribution in [3.05, 3.63) is 34.3 Å². The summed E-state index contributed by atoms with van der Waals surface area (Å²) >= 11 is 3.51. The fourth-order valence-corrected chi connectivity index (χ4v) is 4.00. The first-order chi connectivity index (χ1) is 13.3. The maximum atomic E-state index is 13.0. The molecule has 0 spiro atoms. The largest absolute Gasteiger partial charge is 0.460 e. The van der Waals surface area contributed by atoms with E-state index in [1.807, 2.05) is 65.8 Å². The number of likely N-dealkylation sites (tertiary alicyclic amines) is 1. The molecular weight excluding hydrogens is 434 g/mol. The molecule has 6 heteroatoms. The van der Waals surface area contributed by atoms with Crippen LogP contribution in [0.2, 0.25) is 0 Å². The van der Waals surface area contributed by atoms with Crippen LogP contribution in [-0.2, 0) is 20.7 Å². The summed E-state index contributed by atoms with van der Waals surface area (Å²) in [5.41, 5.74) is 0.0714. The Morgan fingerprint density at radius 2 is 1.66 bits per heavy atom. The van der Waals surface area contributed by atoms with E-state index in [0.29, 0.717) is 19.5 Å². The third-order valence-corrected chi connectivity index (χ3v) is 5.31. The minimum atomic E-state index is -0.524. The second-order valence-corrected chi connectivity index (χ2v) is 10.7. The van der Waals surface area contributed by atoms with Gasteiger partial charge < -0.3 is 14.4 Å². The summed E-state index contributed by atoms with van der Waals surface area (Å²) in [6, 6.07) is 8.05. The zero-order chi connectivity index (χ0) is 21.8. The fraction of sp³-hybridized carbons (Fsp3) is 0.652. The Balaban J connectivity index is 2.09. The van der Waals surface area contributed by atoms with Crippen LogP contribution in [0.3, 0.4) is 0 Å². The SMILES string of the molecule is CC(C)(C)OC(=O)C(Cc1cccc(Br)c1)C1CCN(C(=O)OC(C)(C)C)CC1. The smallest absolute Gasteiger partial charge is 0.410 e. The molecule has 1 unspecified atom stereocenters. The monoisotopic (exact) mass is 467 g/mol. The van der Waals surface area contributed by atoms with Gasteiger partial charge in [0.05, 0.1) is 5.92 Å². The van der Waals surface area contributed by atoms with Gasteiger partial charge in [-0.3, -0.25) is 4.79 Å². The Bertz CT molecular complexity index is 712. The summed E-state index contributed by atoms with van der Waals surface area (Å²) in [6.07, 6.45) is 1.87. The number of hydrogen-bond donors (Lipinski definition) is 0. The van der Waals surface area contributed by atoms with Crippen LogP contribution in [0.25, 0.3) is 0 Å². The predicted molar refractivity (Wildman–Crippen MR) is 118 cm³/mol. The number of nitrogens with zero attached hydrogens (tertiary/aromatic N) is 1. The first-order valence-corrected chi connectivity index (χ1v) is 11.1. The molecule has 1 heterocycles. The van der Waals surface area contributed by atoms with E-state index in [9.17, 15) is 9.59 Å². The number of piperidine rings is 1. The topological polar surface area (TPSA) is 55.8 Å². The van der Waals surface area contributed by atoms with E-state index in [4.69, 9.17) is 9.47 Å². The summed E-state index contributed by atoms with van der Waals surface area (Å²) in [7, 11) is 0. The minimum Gasteiger partial charge on any atom is -0.460 e. The first-order valence-electron chi connectivity index (χ1n) is 10.3. The van der Waals surface area contributed by atoms with Gasteiger partial charge in [-0.15, -0.1) is 0 Å². The molecule has 1 aliphatic heterocycles. The van der Waals surface area contributed by atoms with Crippen molar-refractivity contribution in [3.63, 3.8) is 0 Å². The third kappa shape index (κ3) is 8.00. The second kappa shape index (κ2) is 9.50. The van der Waals surface area contributed by atoms with Crippen LogP contribution in [-0.4, -0.2) is 41.3 Å². The Kier molecular flexibility index (Phi) is 7.77. The van der Waals surface area contributed by atoms with Gasteiger partial charge in [-0.25, -0.2) is 4.79 Å². The van der Waals surface area contributed by atoms with Crippen molar-refractivity contribution in [2.45, 2.75) is 72.0 Å². The van der Waals surface area contributed by atoms with E-state index in [0.717, 1.165) is 22.9 Å². The van der Waals surface area contributed by atoms with Gasteiger partial charge in [-0.1, -0.05) is 28.1 Å². The van der Waals surface area contributed by atoms with Crippen LogP contribution < -0.4 is 0 Å². The van der Waals surface area contributed by atoms with E-state index in [2.05, 4.69) is 15.9 Å². The van der Waals surface area contributed by atoms with E-state index in [1.165, 1.54) is 0 Å². The summed E-state index contributed by atoms with van der Waals surface area (Å²) in [5, 5.41) is 0. The van der Waals surface area contributed by atoms with Gasteiger partial charge in [0.25, 0.3) is 0 Å². The lowest BCUT2D eigenvalue weighted by Gasteiger charge is -2.36. The lowest BCUT2D eigenvalue weighted by Crippen LogP contribution is -2.44. The van der Waals surface area contributed by atoms with Gasteiger partial charge in [0.15, 0.2) is 0 Å². The molecule has 0 saturated carbocycles. The molecule has 1 aromatic rings. The van der Waals surface area contributed by atoms with Crippen molar-refractivity contribution in [2.24, 2.45) is 11.8 Å². The zero-order valence-corrected chi connectivity index (χ0v) is 20.0. The maximum Gasteiger partial charge on any atom is 0.410 e. The summed E-state index contributed by atoms with van der Waals surface area (Å²) < 4.78 is 12.2. The lowest BCUT2D eigenvalue weighted by atomic mass is 9.80. The molecule has 0 aliphatic carbocycles. The van der Waals surface area contributed by atoms with Crippen LogP contribution in [0.5, 0.6) is 0 Å². The highest BCUT2D eigenvalue weighted by Crippen LogP contribution is 2.31. The average molecular weight is 468 g/mol. The van der Waals surface area contributed by atoms with E-state index in [-0.39, 0.29) is 23.9 Å². The highest BCUT2D eigenvalue weighted by Gasteiger charge is 2.36. The second-order valence-electron chi connectivity index (χ2n) is 9.78. The average Bonchev–Trinajstić information content (AvgIpc) is 2.57. The zero-order valence-electron chi connectivity index (χ0n) is 18.5. The number of halogens is 1. The van der Waals surface area contributed by atoms with Crippen molar-refractivity contribution in [1.29, 1.82) is 0 Å². The summed E-state index contributed by atoms with van der Waals surface area (Å²) in [5.74, 6) is -0.222. The van der Waals surface area contributed by atoms with E-state index < -0.39 is 11.2 Å². The Morgan fingerprint density at radius 3 is 2.17 bits per heavy atom. The van der Waals surface area contributed by atoms with Gasteiger partial charge in [-0.05, 0) is 84.4 Å². The van der Waals surface area contributed by atoms with Gasteiger partial charge in [0, 0.05) is 17.6 Å². The molecule has 0 aromatic heterocycles. The molecule has 1 saturated heterocycles. The van der Waals surface area contributed by atoms with Crippen molar-refractivity contribution in [2.75, 3.05) is 13.1 Å². The molecule has 1 aliphatic rings. The maximum absolute atomic E-state index is 13.0. The third-order valence-electron chi connectivity index (χ3n) is 4.81. The lowest BCUT2D eigenvalue weighted by molar-refractivity contribution is -0.162. The number of rotatable bonds is 4. The first kappa shape index (κ1) is 23.7. The van der Waals surface area contributed by atoms with Crippen LogP contribution in [0.4, 0.5) is 4.79 Å². The molecule has 29 heavy (non-hydrogen) atoms. The number of benzene rings is 1. The van der Waals surface area contributed by atoms with Crippen molar-refractivity contribution >= 4 is 28.0 Å². The van der Waals surface area contributed by atoms with Crippen LogP contribution in [0.15, 0.2) is 28.7 Å². The number of hydrogen-bond acceptors (Lipinski definition) is 4. The number of carbonyl (C=O) groups excluding carboxylic acids is 2. The molecule has 5 nitrogen and oxygen atoms in total. The summed E-state index contributed by atoms with van der Waals surface area (Å²) in [4.78, 5) is 27.1. The van der Waals surface area contributed by atoms with Gasteiger partial charge in [0.1, 0.15) is 11.2 Å². The Labute approximate surface area is 183 Å². The van der Waals surface area contributed by atoms with Crippen LogP contribution in [0, 0.1) is 11.8 Å². The normalized spacial score (nSPS) is 17.0. The molecule has 1 amide bonds. The number of ether oxygens (including phenoxy) is 2. The highest BCUT2D eigenvalue weighted by molar-refractivity contribution is 9.10. The molecule has 162 valence electrons. The highest BCUT2D eigenvalue weighted by atomic mass is 79.9. The van der Waals surface area contributed by atoms with Crippen LogP contribution >= 0.6 is 15.9 Å². The minimum absolute atomic E-state index is 0.159. The van der Waals surface area contributed by atoms with Crippen LogP contribution in [0.1, 0.15) is 59.9 Å². The van der Waals surface area contributed by atoms with Crippen molar-refractivity contribution < 1.29 is 19.1 Å². The number of esters is 1. The molecule has 1 atom stereocenters. The number of amides is 1. The predicted octanol–water partition coefficient (Wildman–Crippen LogP) is 5.60. The molecule has 0 radical (unpaired) electrons. The molecule has 1 aromatic carbocycles. The number of carbonyl (C=O) groups is 2. The standard InChI is InChI=1S/C23H34BrNO4/c1-22(2,3)28-20(26)19(15-16-8-7-9-18(24)14-16)17-10-12-25(13-11-17)21(27)29-23(4,5)6/h7-9,14,17,19H,10-13,15H2,1-6H3. The van der Waals surface area contributed by atoms with Gasteiger partial charge in [0.2, 0.25) is 0 Å².